The Balaban J connectivity index is 1.66. The average molecular weight is 413 g/mol. The fraction of sp³-hybridized carbons (Fsp3) is 0.364. The summed E-state index contributed by atoms with van der Waals surface area (Å²) in [4.78, 5) is 21.3. The van der Waals surface area contributed by atoms with Gasteiger partial charge in [0.1, 0.15) is 13.2 Å². The molecule has 29 heavy (non-hydrogen) atoms. The van der Waals surface area contributed by atoms with Crippen LogP contribution in [0.2, 0.25) is 0 Å². The maximum absolute atomic E-state index is 13.4. The zero-order valence-corrected chi connectivity index (χ0v) is 17.8. The topological polar surface area (TPSA) is 56.1 Å². The molecule has 0 bridgehead atoms. The first-order chi connectivity index (χ1) is 14.0. The van der Waals surface area contributed by atoms with E-state index in [1.165, 1.54) is 10.5 Å². The number of carbonyl (C=O) groups is 1. The van der Waals surface area contributed by atoms with Gasteiger partial charge in [0, 0.05) is 18.5 Å². The number of anilines is 1. The smallest absolute Gasteiger partial charge is 0.260 e. The lowest BCUT2D eigenvalue weighted by molar-refractivity contribution is -0.858. The fourth-order valence-electron chi connectivity index (χ4n) is 3.34. The quantitative estimate of drug-likeness (QED) is 0.676. The predicted molar refractivity (Wildman–Crippen MR) is 116 cm³/mol. The van der Waals surface area contributed by atoms with Gasteiger partial charge in [-0.25, -0.2) is 4.98 Å². The zero-order valence-electron chi connectivity index (χ0n) is 17.0. The van der Waals surface area contributed by atoms with Crippen molar-refractivity contribution in [3.8, 4) is 11.5 Å². The zero-order chi connectivity index (χ0) is 20.4. The van der Waals surface area contributed by atoms with Crippen molar-refractivity contribution in [2.75, 3.05) is 45.3 Å². The molecule has 0 spiro atoms. The molecule has 4 rings (SSSR count). The van der Waals surface area contributed by atoms with Gasteiger partial charge in [-0.15, -0.1) is 0 Å². The maximum atomic E-state index is 13.4. The van der Waals surface area contributed by atoms with Crippen molar-refractivity contribution in [1.29, 1.82) is 0 Å². The second kappa shape index (κ2) is 8.39. The van der Waals surface area contributed by atoms with Crippen LogP contribution in [-0.4, -0.2) is 51.3 Å². The standard InChI is InChI=1S/C22H25N3O3S/c1-15-5-7-17-20(13-15)29-22(23-17)25(10-4-9-24(2)3)21(26)16-6-8-18-19(14-16)28-12-11-27-18/h5-8,13-14H,4,9-12H2,1-3H3/p+1. The number of nitrogens with one attached hydrogen (secondary N) is 1. The van der Waals surface area contributed by atoms with Crippen molar-refractivity contribution in [3.05, 3.63) is 47.5 Å². The van der Waals surface area contributed by atoms with Crippen molar-refractivity contribution in [2.45, 2.75) is 13.3 Å². The number of thiazole rings is 1. The molecule has 1 aliphatic heterocycles. The molecule has 0 fully saturated rings. The highest BCUT2D eigenvalue weighted by atomic mass is 32.1. The number of carbonyl (C=O) groups excluding carboxylic acids is 1. The molecule has 0 saturated carbocycles. The number of nitrogens with zero attached hydrogens (tertiary/aromatic N) is 2. The van der Waals surface area contributed by atoms with E-state index < -0.39 is 0 Å². The Labute approximate surface area is 174 Å². The molecule has 0 radical (unpaired) electrons. The van der Waals surface area contributed by atoms with Crippen LogP contribution in [0, 0.1) is 6.92 Å². The lowest BCUT2D eigenvalue weighted by atomic mass is 10.1. The normalized spacial score (nSPS) is 13.1. The number of rotatable bonds is 6. The Kier molecular flexibility index (Phi) is 5.69. The minimum atomic E-state index is -0.0634. The van der Waals surface area contributed by atoms with Crippen molar-refractivity contribution in [2.24, 2.45) is 0 Å². The van der Waals surface area contributed by atoms with Crippen molar-refractivity contribution < 1.29 is 19.2 Å². The summed E-state index contributed by atoms with van der Waals surface area (Å²) in [5.74, 6) is 1.25. The molecule has 2 heterocycles. The molecule has 1 N–H and O–H groups in total. The third kappa shape index (κ3) is 4.36. The van der Waals surface area contributed by atoms with E-state index in [1.807, 2.05) is 18.2 Å². The molecular formula is C22H26N3O3S+. The fourth-order valence-corrected chi connectivity index (χ4v) is 4.43. The molecule has 2 aromatic carbocycles. The Morgan fingerprint density at radius 3 is 2.72 bits per heavy atom. The monoisotopic (exact) mass is 412 g/mol. The number of fused-ring (bicyclic) bond motifs is 2. The minimum absolute atomic E-state index is 0.0634. The maximum Gasteiger partial charge on any atom is 0.260 e. The summed E-state index contributed by atoms with van der Waals surface area (Å²) in [6.07, 6.45) is 0.896. The van der Waals surface area contributed by atoms with Gasteiger partial charge >= 0.3 is 0 Å². The van der Waals surface area contributed by atoms with Crippen LogP contribution in [0.4, 0.5) is 5.13 Å². The summed E-state index contributed by atoms with van der Waals surface area (Å²) in [5, 5.41) is 0.735. The van der Waals surface area contributed by atoms with Gasteiger partial charge in [0.05, 0.1) is 30.9 Å². The van der Waals surface area contributed by atoms with E-state index in [0.29, 0.717) is 36.8 Å². The highest BCUT2D eigenvalue weighted by molar-refractivity contribution is 7.22. The molecule has 1 aromatic heterocycles. The van der Waals surface area contributed by atoms with E-state index >= 15 is 0 Å². The van der Waals surface area contributed by atoms with Crippen molar-refractivity contribution in [3.63, 3.8) is 0 Å². The molecule has 0 unspecified atom stereocenters. The largest absolute Gasteiger partial charge is 0.486 e. The molecule has 7 heteroatoms. The van der Waals surface area contributed by atoms with Crippen LogP contribution in [0.5, 0.6) is 11.5 Å². The van der Waals surface area contributed by atoms with E-state index in [2.05, 4.69) is 27.1 Å². The second-order valence-corrected chi connectivity index (χ2v) is 8.60. The summed E-state index contributed by atoms with van der Waals surface area (Å²) in [5.41, 5.74) is 2.70. The third-order valence-corrected chi connectivity index (χ3v) is 5.90. The lowest BCUT2D eigenvalue weighted by Crippen LogP contribution is -3.05. The van der Waals surface area contributed by atoms with Gasteiger partial charge in [-0.05, 0) is 42.8 Å². The SMILES string of the molecule is Cc1ccc2nc(N(CCC[NH+](C)C)C(=O)c3ccc4c(c3)OCCO4)sc2c1. The number of quaternary nitrogens is 1. The highest BCUT2D eigenvalue weighted by Crippen LogP contribution is 2.33. The number of ether oxygens (including phenoxy) is 2. The van der Waals surface area contributed by atoms with Crippen LogP contribution in [-0.2, 0) is 0 Å². The number of aromatic nitrogens is 1. The van der Waals surface area contributed by atoms with Crippen LogP contribution in [0.25, 0.3) is 10.2 Å². The molecule has 0 aliphatic carbocycles. The highest BCUT2D eigenvalue weighted by Gasteiger charge is 2.23. The van der Waals surface area contributed by atoms with Crippen LogP contribution in [0.3, 0.4) is 0 Å². The third-order valence-electron chi connectivity index (χ3n) is 4.86. The number of hydrogen-bond acceptors (Lipinski definition) is 5. The minimum Gasteiger partial charge on any atom is -0.486 e. The second-order valence-electron chi connectivity index (χ2n) is 7.59. The van der Waals surface area contributed by atoms with Gasteiger partial charge in [0.2, 0.25) is 0 Å². The molecule has 1 amide bonds. The van der Waals surface area contributed by atoms with Gasteiger partial charge in [-0.1, -0.05) is 17.4 Å². The molecule has 0 atom stereocenters. The number of aryl methyl sites for hydroxylation is 1. The Morgan fingerprint density at radius 2 is 1.93 bits per heavy atom. The summed E-state index contributed by atoms with van der Waals surface area (Å²) < 4.78 is 12.3. The van der Waals surface area contributed by atoms with Crippen LogP contribution in [0.15, 0.2) is 36.4 Å². The van der Waals surface area contributed by atoms with E-state index in [-0.39, 0.29) is 5.91 Å². The predicted octanol–water partition coefficient (Wildman–Crippen LogP) is 2.56. The number of benzene rings is 2. The summed E-state index contributed by atoms with van der Waals surface area (Å²) in [6, 6.07) is 11.6. The molecule has 0 saturated heterocycles. The van der Waals surface area contributed by atoms with Gasteiger partial charge in [-0.2, -0.15) is 0 Å². The van der Waals surface area contributed by atoms with Crippen LogP contribution in [0.1, 0.15) is 22.3 Å². The van der Waals surface area contributed by atoms with Crippen LogP contribution >= 0.6 is 11.3 Å². The van der Waals surface area contributed by atoms with Gasteiger partial charge in [-0.3, -0.25) is 9.69 Å². The molecule has 152 valence electrons. The first-order valence-electron chi connectivity index (χ1n) is 9.89. The molecule has 6 nitrogen and oxygen atoms in total. The molecular weight excluding hydrogens is 386 g/mol. The number of amides is 1. The van der Waals surface area contributed by atoms with E-state index in [1.54, 1.807) is 28.4 Å². The average Bonchev–Trinajstić information content (AvgIpc) is 3.13. The van der Waals surface area contributed by atoms with Gasteiger partial charge < -0.3 is 14.4 Å². The summed E-state index contributed by atoms with van der Waals surface area (Å²) >= 11 is 1.56. The molecule has 3 aromatic rings. The Morgan fingerprint density at radius 1 is 1.14 bits per heavy atom. The van der Waals surface area contributed by atoms with Crippen molar-refractivity contribution in [1.82, 2.24) is 4.98 Å². The lowest BCUT2D eigenvalue weighted by Gasteiger charge is -2.22. The first kappa shape index (κ1) is 19.7. The van der Waals surface area contributed by atoms with Gasteiger partial charge in [0.25, 0.3) is 5.91 Å². The first-order valence-corrected chi connectivity index (χ1v) is 10.7. The summed E-state index contributed by atoms with van der Waals surface area (Å²) in [7, 11) is 4.24. The Bertz CT molecular complexity index is 1030. The Hall–Kier alpha value is -2.64. The van der Waals surface area contributed by atoms with E-state index in [0.717, 1.165) is 28.3 Å². The molecule has 1 aliphatic rings. The van der Waals surface area contributed by atoms with Crippen molar-refractivity contribution >= 4 is 32.6 Å². The van der Waals surface area contributed by atoms with E-state index in [4.69, 9.17) is 14.5 Å². The van der Waals surface area contributed by atoms with E-state index in [9.17, 15) is 4.79 Å². The summed E-state index contributed by atoms with van der Waals surface area (Å²) in [6.45, 7) is 4.70. The number of hydrogen-bond donors (Lipinski definition) is 1. The van der Waals surface area contributed by atoms with Gasteiger partial charge in [0.15, 0.2) is 16.6 Å². The van der Waals surface area contributed by atoms with Crippen LogP contribution < -0.4 is 19.3 Å².